The van der Waals surface area contributed by atoms with Crippen molar-refractivity contribution in [1.82, 2.24) is 0 Å². The van der Waals surface area contributed by atoms with Crippen LogP contribution < -0.4 is 0 Å². The van der Waals surface area contributed by atoms with Gasteiger partial charge in [-0.1, -0.05) is 91.9 Å². The van der Waals surface area contributed by atoms with E-state index >= 15 is 0 Å². The molecule has 1 nitrogen and oxygen atoms in total. The Bertz CT molecular complexity index is 189. The van der Waals surface area contributed by atoms with E-state index in [9.17, 15) is 0 Å². The summed E-state index contributed by atoms with van der Waals surface area (Å²) in [5, 5.41) is 0. The normalized spacial score (nSPS) is 12.0. The van der Waals surface area contributed by atoms with E-state index in [1.54, 1.807) is 0 Å². The lowest BCUT2D eigenvalue weighted by atomic mass is 10.1. The zero-order valence-electron chi connectivity index (χ0n) is 15.5. The maximum absolute atomic E-state index is 6.53. The van der Waals surface area contributed by atoms with Crippen molar-refractivity contribution in [3.63, 3.8) is 0 Å². The molecule has 0 fully saturated rings. The predicted molar refractivity (Wildman–Crippen MR) is 99.6 cm³/mol. The Balaban J connectivity index is 3.76. The van der Waals surface area contributed by atoms with Gasteiger partial charge in [-0.15, -0.1) is 0 Å². The molecule has 0 aliphatic carbocycles. The van der Waals surface area contributed by atoms with Crippen LogP contribution in [0.25, 0.3) is 0 Å². The van der Waals surface area contributed by atoms with Gasteiger partial charge < -0.3 is 4.43 Å². The fourth-order valence-corrected chi connectivity index (χ4v) is 7.98. The number of rotatable bonds is 16. The van der Waals surface area contributed by atoms with E-state index in [-0.39, 0.29) is 0 Å². The molecule has 0 N–H and O–H groups in total. The van der Waals surface area contributed by atoms with Crippen LogP contribution in [0.2, 0.25) is 18.1 Å². The van der Waals surface area contributed by atoms with Gasteiger partial charge in [0.15, 0.2) is 8.32 Å². The fourth-order valence-electron chi connectivity index (χ4n) is 3.48. The minimum atomic E-state index is -1.38. The van der Waals surface area contributed by atoms with Crippen molar-refractivity contribution in [1.29, 1.82) is 0 Å². The minimum Gasteiger partial charge on any atom is -0.417 e. The van der Waals surface area contributed by atoms with E-state index in [1.165, 1.54) is 88.8 Å². The Morgan fingerprint density at radius 1 is 0.524 bits per heavy atom. The molecule has 0 saturated carbocycles. The highest BCUT2D eigenvalue weighted by Gasteiger charge is 2.31. The Morgan fingerprint density at radius 3 is 1.38 bits per heavy atom. The van der Waals surface area contributed by atoms with Crippen molar-refractivity contribution in [2.24, 2.45) is 0 Å². The van der Waals surface area contributed by atoms with E-state index in [0.29, 0.717) is 0 Å². The SMILES string of the molecule is CCCCCCCCCCO[Si](CCC)(CCC)CCC. The highest BCUT2D eigenvalue weighted by atomic mass is 28.4. The van der Waals surface area contributed by atoms with Crippen LogP contribution in [0.4, 0.5) is 0 Å². The van der Waals surface area contributed by atoms with Gasteiger partial charge in [-0.2, -0.15) is 0 Å². The van der Waals surface area contributed by atoms with E-state index in [0.717, 1.165) is 6.61 Å². The van der Waals surface area contributed by atoms with Crippen LogP contribution in [0.15, 0.2) is 0 Å². The summed E-state index contributed by atoms with van der Waals surface area (Å²) in [5.74, 6) is 0. The summed E-state index contributed by atoms with van der Waals surface area (Å²) in [7, 11) is -1.38. The third-order valence-electron chi connectivity index (χ3n) is 4.52. The van der Waals surface area contributed by atoms with Crippen LogP contribution >= 0.6 is 0 Å². The molecular weight excluding hydrogens is 272 g/mol. The highest BCUT2D eigenvalue weighted by molar-refractivity contribution is 6.73. The summed E-state index contributed by atoms with van der Waals surface area (Å²) in [4.78, 5) is 0. The van der Waals surface area contributed by atoms with Crippen LogP contribution in [0.3, 0.4) is 0 Å². The lowest BCUT2D eigenvalue weighted by Gasteiger charge is -2.31. The number of hydrogen-bond donors (Lipinski definition) is 0. The van der Waals surface area contributed by atoms with Crippen molar-refractivity contribution in [2.75, 3.05) is 6.61 Å². The Kier molecular flexibility index (Phi) is 15.2. The second-order valence-corrected chi connectivity index (χ2v) is 10.9. The molecule has 0 aliphatic heterocycles. The first-order valence-corrected chi connectivity index (χ1v) is 12.4. The van der Waals surface area contributed by atoms with Gasteiger partial charge in [0, 0.05) is 6.61 Å². The third-order valence-corrected chi connectivity index (χ3v) is 9.57. The molecule has 0 aliphatic rings. The number of hydrogen-bond acceptors (Lipinski definition) is 1. The van der Waals surface area contributed by atoms with Gasteiger partial charge in [0.25, 0.3) is 0 Å². The van der Waals surface area contributed by atoms with Crippen LogP contribution in [0.1, 0.15) is 98.3 Å². The second-order valence-electron chi connectivity index (χ2n) is 6.76. The maximum atomic E-state index is 6.53. The topological polar surface area (TPSA) is 9.23 Å². The van der Waals surface area contributed by atoms with E-state index in [2.05, 4.69) is 27.7 Å². The van der Waals surface area contributed by atoms with Crippen LogP contribution in [-0.4, -0.2) is 14.9 Å². The van der Waals surface area contributed by atoms with Crippen molar-refractivity contribution >= 4 is 8.32 Å². The monoisotopic (exact) mass is 314 g/mol. The molecule has 0 bridgehead atoms. The average molecular weight is 315 g/mol. The van der Waals surface area contributed by atoms with Gasteiger partial charge >= 0.3 is 0 Å². The zero-order valence-corrected chi connectivity index (χ0v) is 16.5. The molecule has 0 amide bonds. The molecule has 0 atom stereocenters. The Labute approximate surface area is 136 Å². The molecule has 128 valence electrons. The second kappa shape index (κ2) is 15.1. The smallest absolute Gasteiger partial charge is 0.192 e. The van der Waals surface area contributed by atoms with Crippen molar-refractivity contribution in [3.05, 3.63) is 0 Å². The Morgan fingerprint density at radius 2 is 0.952 bits per heavy atom. The van der Waals surface area contributed by atoms with Crippen molar-refractivity contribution in [3.8, 4) is 0 Å². The van der Waals surface area contributed by atoms with Gasteiger partial charge in [-0.3, -0.25) is 0 Å². The highest BCUT2D eigenvalue weighted by Crippen LogP contribution is 2.27. The fraction of sp³-hybridized carbons (Fsp3) is 1.00. The van der Waals surface area contributed by atoms with E-state index in [4.69, 9.17) is 4.43 Å². The first-order valence-electron chi connectivity index (χ1n) is 9.88. The molecule has 0 aromatic heterocycles. The van der Waals surface area contributed by atoms with Crippen LogP contribution in [0, 0.1) is 0 Å². The third kappa shape index (κ3) is 11.4. The molecule has 0 heterocycles. The lowest BCUT2D eigenvalue weighted by Crippen LogP contribution is -2.38. The van der Waals surface area contributed by atoms with Crippen LogP contribution in [-0.2, 0) is 4.43 Å². The first kappa shape index (κ1) is 21.2. The minimum absolute atomic E-state index is 1.04. The van der Waals surface area contributed by atoms with E-state index in [1.807, 2.05) is 0 Å². The largest absolute Gasteiger partial charge is 0.417 e. The van der Waals surface area contributed by atoms with Gasteiger partial charge in [0.2, 0.25) is 0 Å². The zero-order chi connectivity index (χ0) is 15.8. The molecule has 0 aromatic carbocycles. The first-order chi connectivity index (χ1) is 10.2. The molecule has 0 radical (unpaired) electrons. The molecular formula is C19H42OSi. The summed E-state index contributed by atoms with van der Waals surface area (Å²) in [6.07, 6.45) is 15.1. The summed E-state index contributed by atoms with van der Waals surface area (Å²) >= 11 is 0. The lowest BCUT2D eigenvalue weighted by molar-refractivity contribution is 0.283. The van der Waals surface area contributed by atoms with Crippen molar-refractivity contribution < 1.29 is 4.43 Å². The van der Waals surface area contributed by atoms with Crippen LogP contribution in [0.5, 0.6) is 0 Å². The van der Waals surface area contributed by atoms with Gasteiger partial charge in [-0.05, 0) is 24.6 Å². The summed E-state index contributed by atoms with van der Waals surface area (Å²) < 4.78 is 6.53. The van der Waals surface area contributed by atoms with Crippen molar-refractivity contribution in [2.45, 2.75) is 116 Å². The summed E-state index contributed by atoms with van der Waals surface area (Å²) in [6.45, 7) is 10.3. The average Bonchev–Trinajstić information content (AvgIpc) is 2.46. The molecule has 0 aromatic rings. The van der Waals surface area contributed by atoms with Gasteiger partial charge in [-0.25, -0.2) is 0 Å². The van der Waals surface area contributed by atoms with Gasteiger partial charge in [0.05, 0.1) is 0 Å². The molecule has 0 spiro atoms. The van der Waals surface area contributed by atoms with E-state index < -0.39 is 8.32 Å². The summed E-state index contributed by atoms with van der Waals surface area (Å²) in [6, 6.07) is 4.14. The van der Waals surface area contributed by atoms with Gasteiger partial charge in [0.1, 0.15) is 0 Å². The standard InChI is InChI=1S/C19H42OSi/c1-5-9-10-11-12-13-14-15-16-20-21(17-6-2,18-7-3)19-8-4/h5-19H2,1-4H3. The molecule has 2 heteroatoms. The Hall–Kier alpha value is 0.177. The summed E-state index contributed by atoms with van der Waals surface area (Å²) in [5.41, 5.74) is 0. The molecule has 21 heavy (non-hydrogen) atoms. The molecule has 0 rings (SSSR count). The quantitative estimate of drug-likeness (QED) is 0.214. The molecule has 0 unspecified atom stereocenters. The molecule has 0 saturated heterocycles. The maximum Gasteiger partial charge on any atom is 0.192 e. The number of unbranched alkanes of at least 4 members (excludes halogenated alkanes) is 7. The predicted octanol–water partition coefficient (Wildman–Crippen LogP) is 7.32.